The Labute approximate surface area is 187 Å². The van der Waals surface area contributed by atoms with E-state index in [0.29, 0.717) is 6.61 Å². The number of benzene rings is 1. The van der Waals surface area contributed by atoms with Gasteiger partial charge in [-0.2, -0.15) is 0 Å². The molecule has 0 spiro atoms. The number of ether oxygens (including phenoxy) is 1. The molecule has 152 valence electrons. The summed E-state index contributed by atoms with van der Waals surface area (Å²) in [5.74, 6) is 1.05. The van der Waals surface area contributed by atoms with Gasteiger partial charge in [0.05, 0.1) is 0 Å². The Morgan fingerprint density at radius 1 is 1.25 bits per heavy atom. The monoisotopic (exact) mass is 514 g/mol. The van der Waals surface area contributed by atoms with Crippen molar-refractivity contribution >= 4 is 57.3 Å². The fraction of sp³-hybridized carbons (Fsp3) is 0.500. The SMILES string of the molecule is CN=C(NCc1csc2ccccc12)N1CCN(C(=O)C2CCCO2)CC1.I. The molecule has 1 N–H and O–H groups in total. The van der Waals surface area contributed by atoms with E-state index in [1.165, 1.54) is 15.6 Å². The molecule has 0 aliphatic carbocycles. The number of carbonyl (C=O) groups is 1. The Bertz CT molecular complexity index is 826. The summed E-state index contributed by atoms with van der Waals surface area (Å²) in [5, 5.41) is 7.00. The van der Waals surface area contributed by atoms with E-state index in [1.807, 2.05) is 11.9 Å². The smallest absolute Gasteiger partial charge is 0.251 e. The van der Waals surface area contributed by atoms with E-state index >= 15 is 0 Å². The van der Waals surface area contributed by atoms with Crippen LogP contribution >= 0.6 is 35.3 Å². The number of fused-ring (bicyclic) bond motifs is 1. The van der Waals surface area contributed by atoms with Crippen LogP contribution in [0.25, 0.3) is 10.1 Å². The van der Waals surface area contributed by atoms with E-state index < -0.39 is 0 Å². The van der Waals surface area contributed by atoms with Crippen molar-refractivity contribution in [3.05, 3.63) is 35.2 Å². The summed E-state index contributed by atoms with van der Waals surface area (Å²) in [5.41, 5.74) is 1.30. The molecule has 3 heterocycles. The molecule has 2 saturated heterocycles. The normalized spacial score (nSPS) is 20.3. The highest BCUT2D eigenvalue weighted by atomic mass is 127. The maximum absolute atomic E-state index is 12.5. The van der Waals surface area contributed by atoms with Crippen molar-refractivity contribution in [2.45, 2.75) is 25.5 Å². The average molecular weight is 514 g/mol. The van der Waals surface area contributed by atoms with Gasteiger partial charge in [-0.1, -0.05) is 18.2 Å². The lowest BCUT2D eigenvalue weighted by molar-refractivity contribution is -0.142. The Balaban J connectivity index is 0.00000225. The zero-order valence-corrected chi connectivity index (χ0v) is 19.2. The highest BCUT2D eigenvalue weighted by Crippen LogP contribution is 2.25. The van der Waals surface area contributed by atoms with E-state index in [-0.39, 0.29) is 36.0 Å². The quantitative estimate of drug-likeness (QED) is 0.389. The van der Waals surface area contributed by atoms with Gasteiger partial charge in [-0.25, -0.2) is 0 Å². The van der Waals surface area contributed by atoms with Gasteiger partial charge in [0.25, 0.3) is 5.91 Å². The molecule has 1 aromatic heterocycles. The number of carbonyl (C=O) groups excluding carboxylic acids is 1. The number of nitrogens with zero attached hydrogens (tertiary/aromatic N) is 3. The summed E-state index contributed by atoms with van der Waals surface area (Å²) in [7, 11) is 1.82. The first-order chi connectivity index (χ1) is 13.3. The molecule has 6 nitrogen and oxygen atoms in total. The number of thiophene rings is 1. The second-order valence-corrected chi connectivity index (χ2v) is 7.88. The molecule has 0 bridgehead atoms. The molecule has 28 heavy (non-hydrogen) atoms. The fourth-order valence-electron chi connectivity index (χ4n) is 3.79. The molecule has 1 amide bonds. The summed E-state index contributed by atoms with van der Waals surface area (Å²) >= 11 is 1.77. The van der Waals surface area contributed by atoms with Crippen molar-refractivity contribution in [2.75, 3.05) is 39.8 Å². The van der Waals surface area contributed by atoms with E-state index in [2.05, 4.69) is 44.9 Å². The Morgan fingerprint density at radius 3 is 2.71 bits per heavy atom. The van der Waals surface area contributed by atoms with Crippen LogP contribution in [0.5, 0.6) is 0 Å². The van der Waals surface area contributed by atoms with Crippen LogP contribution in [0.1, 0.15) is 18.4 Å². The van der Waals surface area contributed by atoms with Crippen molar-refractivity contribution < 1.29 is 9.53 Å². The zero-order chi connectivity index (χ0) is 18.6. The molecule has 1 atom stereocenters. The number of amides is 1. The second kappa shape index (κ2) is 9.89. The Hall–Kier alpha value is -1.39. The van der Waals surface area contributed by atoms with Gasteiger partial charge in [0, 0.05) is 51.1 Å². The van der Waals surface area contributed by atoms with E-state index in [0.717, 1.165) is 51.5 Å². The fourth-order valence-corrected chi connectivity index (χ4v) is 4.75. The van der Waals surface area contributed by atoms with Gasteiger partial charge in [0.15, 0.2) is 5.96 Å². The van der Waals surface area contributed by atoms with Crippen molar-refractivity contribution in [1.29, 1.82) is 0 Å². The average Bonchev–Trinajstić information content (AvgIpc) is 3.39. The predicted molar refractivity (Wildman–Crippen MR) is 125 cm³/mol. The number of guanidine groups is 1. The third-order valence-electron chi connectivity index (χ3n) is 5.31. The maximum atomic E-state index is 12.5. The van der Waals surface area contributed by atoms with Crippen LogP contribution in [0.2, 0.25) is 0 Å². The first-order valence-corrected chi connectivity index (χ1v) is 10.5. The number of halogens is 1. The molecule has 2 aliphatic rings. The number of rotatable bonds is 3. The molecule has 0 radical (unpaired) electrons. The molecule has 1 unspecified atom stereocenters. The van der Waals surface area contributed by atoms with Crippen molar-refractivity contribution in [3.63, 3.8) is 0 Å². The van der Waals surface area contributed by atoms with Crippen molar-refractivity contribution in [1.82, 2.24) is 15.1 Å². The van der Waals surface area contributed by atoms with Crippen LogP contribution in [0, 0.1) is 0 Å². The first-order valence-electron chi connectivity index (χ1n) is 9.57. The lowest BCUT2D eigenvalue weighted by Crippen LogP contribution is -2.55. The molecule has 1 aromatic carbocycles. The molecule has 8 heteroatoms. The highest BCUT2D eigenvalue weighted by molar-refractivity contribution is 14.0. The van der Waals surface area contributed by atoms with E-state index in [4.69, 9.17) is 4.74 Å². The number of hydrogen-bond acceptors (Lipinski definition) is 4. The van der Waals surface area contributed by atoms with Crippen molar-refractivity contribution in [2.24, 2.45) is 4.99 Å². The molecule has 2 aromatic rings. The predicted octanol–water partition coefficient (Wildman–Crippen LogP) is 2.92. The Kier molecular flexibility index (Phi) is 7.53. The van der Waals surface area contributed by atoms with Gasteiger partial charge in [-0.3, -0.25) is 9.79 Å². The molecule has 2 fully saturated rings. The van der Waals surface area contributed by atoms with Crippen LogP contribution in [0.4, 0.5) is 0 Å². The van der Waals surface area contributed by atoms with E-state index in [9.17, 15) is 4.79 Å². The minimum atomic E-state index is -0.221. The summed E-state index contributed by atoms with van der Waals surface area (Å²) in [6, 6.07) is 8.48. The first kappa shape index (κ1) is 21.3. The summed E-state index contributed by atoms with van der Waals surface area (Å²) < 4.78 is 6.85. The van der Waals surface area contributed by atoms with E-state index in [1.54, 1.807) is 11.3 Å². The third kappa shape index (κ3) is 4.60. The lowest BCUT2D eigenvalue weighted by Gasteiger charge is -2.37. The molecule has 4 rings (SSSR count). The minimum Gasteiger partial charge on any atom is -0.368 e. The van der Waals surface area contributed by atoms with Crippen LogP contribution in [0.3, 0.4) is 0 Å². The maximum Gasteiger partial charge on any atom is 0.251 e. The van der Waals surface area contributed by atoms with Gasteiger partial charge < -0.3 is 19.9 Å². The standard InChI is InChI=1S/C20H26N4O2S.HI/c1-21-20(22-13-15-14-27-18-7-3-2-5-16(15)18)24-10-8-23(9-11-24)19(25)17-6-4-12-26-17;/h2-3,5,7,14,17H,4,6,8-13H2,1H3,(H,21,22);1H. The Morgan fingerprint density at radius 2 is 2.00 bits per heavy atom. The van der Waals surface area contributed by atoms with Crippen LogP contribution in [-0.4, -0.2) is 67.6 Å². The summed E-state index contributed by atoms with van der Waals surface area (Å²) in [4.78, 5) is 21.1. The molecular formula is C20H27IN4O2S. The highest BCUT2D eigenvalue weighted by Gasteiger charge is 2.30. The van der Waals surface area contributed by atoms with Gasteiger partial charge in [0.2, 0.25) is 0 Å². The lowest BCUT2D eigenvalue weighted by atomic mass is 10.2. The molecule has 0 saturated carbocycles. The number of nitrogens with one attached hydrogen (secondary N) is 1. The van der Waals surface area contributed by atoms with Gasteiger partial charge in [0.1, 0.15) is 6.10 Å². The van der Waals surface area contributed by atoms with Crippen LogP contribution < -0.4 is 5.32 Å². The van der Waals surface area contributed by atoms with Gasteiger partial charge in [-0.05, 0) is 35.2 Å². The third-order valence-corrected chi connectivity index (χ3v) is 6.32. The van der Waals surface area contributed by atoms with Crippen molar-refractivity contribution in [3.8, 4) is 0 Å². The number of aliphatic imine (C=N–C) groups is 1. The molecule has 2 aliphatic heterocycles. The zero-order valence-electron chi connectivity index (χ0n) is 16.1. The topological polar surface area (TPSA) is 57.2 Å². The minimum absolute atomic E-state index is 0. The second-order valence-electron chi connectivity index (χ2n) is 6.97. The molecular weight excluding hydrogens is 487 g/mol. The van der Waals surface area contributed by atoms with Crippen LogP contribution in [-0.2, 0) is 16.1 Å². The summed E-state index contributed by atoms with van der Waals surface area (Å²) in [6.45, 7) is 4.50. The van der Waals surface area contributed by atoms with Crippen LogP contribution in [0.15, 0.2) is 34.6 Å². The van der Waals surface area contributed by atoms with Gasteiger partial charge in [-0.15, -0.1) is 35.3 Å². The summed E-state index contributed by atoms with van der Waals surface area (Å²) in [6.07, 6.45) is 1.63. The van der Waals surface area contributed by atoms with Gasteiger partial charge >= 0.3 is 0 Å². The largest absolute Gasteiger partial charge is 0.368 e. The number of hydrogen-bond donors (Lipinski definition) is 1. The number of piperazine rings is 1.